The SMILES string of the molecule is CC1C=C2C(CC1)[C@@H](C)CC[C@]2(O)C(C)C. The van der Waals surface area contributed by atoms with E-state index in [1.807, 2.05) is 0 Å². The molecule has 1 nitrogen and oxygen atoms in total. The average Bonchev–Trinajstić information content (AvgIpc) is 2.23. The van der Waals surface area contributed by atoms with Gasteiger partial charge in [0.25, 0.3) is 0 Å². The summed E-state index contributed by atoms with van der Waals surface area (Å²) in [7, 11) is 0. The lowest BCUT2D eigenvalue weighted by molar-refractivity contribution is -0.0197. The van der Waals surface area contributed by atoms with Crippen LogP contribution in [0.5, 0.6) is 0 Å². The maximum atomic E-state index is 10.9. The van der Waals surface area contributed by atoms with Crippen molar-refractivity contribution in [3.05, 3.63) is 11.6 Å². The Morgan fingerprint density at radius 2 is 1.94 bits per heavy atom. The molecule has 0 spiro atoms. The minimum absolute atomic E-state index is 0.346. The summed E-state index contributed by atoms with van der Waals surface area (Å²) in [5.74, 6) is 2.41. The highest BCUT2D eigenvalue weighted by Crippen LogP contribution is 2.49. The molecule has 0 bridgehead atoms. The van der Waals surface area contributed by atoms with Gasteiger partial charge < -0.3 is 5.11 Å². The highest BCUT2D eigenvalue weighted by atomic mass is 16.3. The topological polar surface area (TPSA) is 20.2 Å². The molecule has 4 atom stereocenters. The molecule has 1 fully saturated rings. The Kier molecular flexibility index (Phi) is 3.18. The number of hydrogen-bond acceptors (Lipinski definition) is 1. The second kappa shape index (κ2) is 4.18. The first kappa shape index (κ1) is 12.2. The van der Waals surface area contributed by atoms with Crippen molar-refractivity contribution in [1.29, 1.82) is 0 Å². The molecule has 0 heterocycles. The largest absolute Gasteiger partial charge is 0.385 e. The summed E-state index contributed by atoms with van der Waals surface area (Å²) >= 11 is 0. The molecule has 1 N–H and O–H groups in total. The summed E-state index contributed by atoms with van der Waals surface area (Å²) in [5.41, 5.74) is 0.867. The minimum atomic E-state index is -0.508. The highest BCUT2D eigenvalue weighted by molar-refractivity contribution is 5.27. The molecule has 16 heavy (non-hydrogen) atoms. The second-order valence-electron chi connectivity index (χ2n) is 6.38. The number of rotatable bonds is 1. The lowest BCUT2D eigenvalue weighted by Crippen LogP contribution is -2.46. The molecular weight excluding hydrogens is 196 g/mol. The van der Waals surface area contributed by atoms with E-state index in [-0.39, 0.29) is 0 Å². The summed E-state index contributed by atoms with van der Waals surface area (Å²) in [6, 6.07) is 0. The Labute approximate surface area is 99.9 Å². The fourth-order valence-electron chi connectivity index (χ4n) is 3.58. The molecule has 0 radical (unpaired) electrons. The summed E-state index contributed by atoms with van der Waals surface area (Å²) in [6.07, 6.45) is 7.10. The van der Waals surface area contributed by atoms with E-state index >= 15 is 0 Å². The van der Waals surface area contributed by atoms with Crippen LogP contribution >= 0.6 is 0 Å². The van der Waals surface area contributed by atoms with Gasteiger partial charge in [0.15, 0.2) is 0 Å². The van der Waals surface area contributed by atoms with E-state index in [0.29, 0.717) is 17.8 Å². The van der Waals surface area contributed by atoms with Crippen LogP contribution in [0.25, 0.3) is 0 Å². The molecule has 0 aromatic heterocycles. The number of aliphatic hydroxyl groups is 1. The predicted octanol–water partition coefficient (Wildman–Crippen LogP) is 3.78. The average molecular weight is 222 g/mol. The van der Waals surface area contributed by atoms with Gasteiger partial charge in [-0.25, -0.2) is 0 Å². The summed E-state index contributed by atoms with van der Waals surface area (Å²) < 4.78 is 0. The fourth-order valence-corrected chi connectivity index (χ4v) is 3.58. The molecule has 0 saturated heterocycles. The van der Waals surface area contributed by atoms with Crippen molar-refractivity contribution in [1.82, 2.24) is 0 Å². The zero-order valence-corrected chi connectivity index (χ0v) is 11.2. The third-order valence-electron chi connectivity index (χ3n) is 4.92. The van der Waals surface area contributed by atoms with Crippen molar-refractivity contribution >= 4 is 0 Å². The standard InChI is InChI=1S/C15H26O/c1-10(2)15(16)8-7-12(4)13-6-5-11(3)9-14(13)15/h9-13,16H,5-8H2,1-4H3/t11?,12-,13?,15-/m0/s1. The van der Waals surface area contributed by atoms with Crippen molar-refractivity contribution in [2.24, 2.45) is 23.7 Å². The van der Waals surface area contributed by atoms with E-state index in [1.165, 1.54) is 24.8 Å². The van der Waals surface area contributed by atoms with Crippen molar-refractivity contribution < 1.29 is 5.11 Å². The first-order valence-corrected chi connectivity index (χ1v) is 6.89. The molecule has 1 saturated carbocycles. The van der Waals surface area contributed by atoms with Gasteiger partial charge in [0.1, 0.15) is 0 Å². The normalized spacial score (nSPS) is 44.1. The summed E-state index contributed by atoms with van der Waals surface area (Å²) in [5, 5.41) is 10.9. The number of hydrogen-bond donors (Lipinski definition) is 1. The van der Waals surface area contributed by atoms with Gasteiger partial charge in [-0.2, -0.15) is 0 Å². The molecule has 0 aliphatic heterocycles. The molecule has 2 aliphatic rings. The minimum Gasteiger partial charge on any atom is -0.385 e. The van der Waals surface area contributed by atoms with Crippen LogP contribution in [0.15, 0.2) is 11.6 Å². The third-order valence-corrected chi connectivity index (χ3v) is 4.92. The Morgan fingerprint density at radius 3 is 2.56 bits per heavy atom. The van der Waals surface area contributed by atoms with E-state index in [1.54, 1.807) is 0 Å². The molecule has 92 valence electrons. The fraction of sp³-hybridized carbons (Fsp3) is 0.867. The smallest absolute Gasteiger partial charge is 0.0882 e. The number of fused-ring (bicyclic) bond motifs is 1. The molecule has 2 rings (SSSR count). The van der Waals surface area contributed by atoms with Crippen LogP contribution in [0.1, 0.15) is 53.4 Å². The van der Waals surface area contributed by atoms with E-state index in [2.05, 4.69) is 33.8 Å². The van der Waals surface area contributed by atoms with Crippen LogP contribution in [0.4, 0.5) is 0 Å². The lowest BCUT2D eigenvalue weighted by Gasteiger charge is -2.48. The molecule has 0 aromatic rings. The van der Waals surface area contributed by atoms with Gasteiger partial charge in [0, 0.05) is 0 Å². The Morgan fingerprint density at radius 1 is 1.25 bits per heavy atom. The second-order valence-corrected chi connectivity index (χ2v) is 6.38. The van der Waals surface area contributed by atoms with Crippen LogP contribution in [0, 0.1) is 23.7 Å². The molecule has 1 heteroatoms. The van der Waals surface area contributed by atoms with Crippen molar-refractivity contribution in [2.45, 2.75) is 59.0 Å². The van der Waals surface area contributed by atoms with Crippen molar-refractivity contribution in [3.63, 3.8) is 0 Å². The quantitative estimate of drug-likeness (QED) is 0.669. The van der Waals surface area contributed by atoms with Gasteiger partial charge in [-0.3, -0.25) is 0 Å². The first-order chi connectivity index (χ1) is 7.45. The molecule has 0 amide bonds. The van der Waals surface area contributed by atoms with Crippen LogP contribution in [-0.2, 0) is 0 Å². The van der Waals surface area contributed by atoms with E-state index < -0.39 is 5.60 Å². The molecule has 2 aliphatic carbocycles. The Balaban J connectivity index is 2.36. The zero-order chi connectivity index (χ0) is 11.9. The van der Waals surface area contributed by atoms with Gasteiger partial charge in [-0.05, 0) is 54.9 Å². The molecular formula is C15H26O. The van der Waals surface area contributed by atoms with Gasteiger partial charge in [-0.15, -0.1) is 0 Å². The predicted molar refractivity (Wildman–Crippen MR) is 68.2 cm³/mol. The number of allylic oxidation sites excluding steroid dienone is 1. The first-order valence-electron chi connectivity index (χ1n) is 6.89. The van der Waals surface area contributed by atoms with Crippen LogP contribution in [0.3, 0.4) is 0 Å². The monoisotopic (exact) mass is 222 g/mol. The summed E-state index contributed by atoms with van der Waals surface area (Å²) in [6.45, 7) is 8.96. The molecule has 2 unspecified atom stereocenters. The van der Waals surface area contributed by atoms with Gasteiger partial charge in [-0.1, -0.05) is 33.8 Å². The van der Waals surface area contributed by atoms with Gasteiger partial charge >= 0.3 is 0 Å². The van der Waals surface area contributed by atoms with Gasteiger partial charge in [0.05, 0.1) is 5.60 Å². The Hall–Kier alpha value is -0.300. The van der Waals surface area contributed by atoms with Crippen LogP contribution in [0.2, 0.25) is 0 Å². The maximum Gasteiger partial charge on any atom is 0.0882 e. The maximum absolute atomic E-state index is 10.9. The summed E-state index contributed by atoms with van der Waals surface area (Å²) in [4.78, 5) is 0. The van der Waals surface area contributed by atoms with E-state index in [4.69, 9.17) is 0 Å². The highest BCUT2D eigenvalue weighted by Gasteiger charge is 2.45. The van der Waals surface area contributed by atoms with E-state index in [9.17, 15) is 5.11 Å². The Bertz CT molecular complexity index is 292. The van der Waals surface area contributed by atoms with Crippen LogP contribution in [-0.4, -0.2) is 10.7 Å². The zero-order valence-electron chi connectivity index (χ0n) is 11.2. The van der Waals surface area contributed by atoms with Crippen LogP contribution < -0.4 is 0 Å². The third kappa shape index (κ3) is 1.84. The lowest BCUT2D eigenvalue weighted by atomic mass is 9.61. The van der Waals surface area contributed by atoms with Crippen molar-refractivity contribution in [3.8, 4) is 0 Å². The molecule has 0 aromatic carbocycles. The van der Waals surface area contributed by atoms with Gasteiger partial charge in [0.2, 0.25) is 0 Å². The van der Waals surface area contributed by atoms with E-state index in [0.717, 1.165) is 12.3 Å². The van der Waals surface area contributed by atoms with Crippen molar-refractivity contribution in [2.75, 3.05) is 0 Å².